The van der Waals surface area contributed by atoms with E-state index in [1.165, 1.54) is 5.69 Å². The predicted octanol–water partition coefficient (Wildman–Crippen LogP) is 1.72. The van der Waals surface area contributed by atoms with Crippen LogP contribution in [0.15, 0.2) is 48.5 Å². The SMILES string of the molecule is NC(Cc1ccccc1-c1ccc(N2CCNCC2)cc1)C(=O)O. The summed E-state index contributed by atoms with van der Waals surface area (Å²) in [6.07, 6.45) is 0.324. The summed E-state index contributed by atoms with van der Waals surface area (Å²) in [5.74, 6) is -0.973. The number of nitrogens with one attached hydrogen (secondary N) is 1. The number of rotatable bonds is 5. The molecule has 5 heteroatoms. The Kier molecular flexibility index (Phi) is 5.13. The van der Waals surface area contributed by atoms with Crippen molar-refractivity contribution in [1.29, 1.82) is 0 Å². The van der Waals surface area contributed by atoms with Gasteiger partial charge in [-0.25, -0.2) is 0 Å². The first-order chi connectivity index (χ1) is 11.6. The molecule has 1 saturated heterocycles. The van der Waals surface area contributed by atoms with Crippen LogP contribution in [0.25, 0.3) is 11.1 Å². The third kappa shape index (κ3) is 3.75. The lowest BCUT2D eigenvalue weighted by atomic mass is 9.95. The molecule has 0 spiro atoms. The van der Waals surface area contributed by atoms with Crippen LogP contribution in [0.2, 0.25) is 0 Å². The Morgan fingerprint density at radius 1 is 1.12 bits per heavy atom. The molecule has 0 radical (unpaired) electrons. The summed E-state index contributed by atoms with van der Waals surface area (Å²) < 4.78 is 0. The fourth-order valence-corrected chi connectivity index (χ4v) is 3.08. The molecule has 126 valence electrons. The first-order valence-corrected chi connectivity index (χ1v) is 8.27. The molecular weight excluding hydrogens is 302 g/mol. The monoisotopic (exact) mass is 325 g/mol. The van der Waals surface area contributed by atoms with Gasteiger partial charge in [-0.2, -0.15) is 0 Å². The quantitative estimate of drug-likeness (QED) is 0.780. The molecule has 2 aromatic carbocycles. The summed E-state index contributed by atoms with van der Waals surface area (Å²) in [4.78, 5) is 13.4. The number of nitrogens with zero attached hydrogens (tertiary/aromatic N) is 1. The number of anilines is 1. The number of aliphatic carboxylic acids is 1. The fraction of sp³-hybridized carbons (Fsp3) is 0.316. The van der Waals surface area contributed by atoms with Gasteiger partial charge in [-0.05, 0) is 35.2 Å². The Morgan fingerprint density at radius 3 is 2.46 bits per heavy atom. The van der Waals surface area contributed by atoms with Crippen molar-refractivity contribution in [3.05, 3.63) is 54.1 Å². The van der Waals surface area contributed by atoms with E-state index in [1.807, 2.05) is 24.3 Å². The van der Waals surface area contributed by atoms with Crippen molar-refractivity contribution in [2.24, 2.45) is 5.73 Å². The van der Waals surface area contributed by atoms with E-state index in [0.717, 1.165) is 42.9 Å². The van der Waals surface area contributed by atoms with E-state index in [2.05, 4.69) is 34.5 Å². The number of hydrogen-bond acceptors (Lipinski definition) is 4. The van der Waals surface area contributed by atoms with Crippen molar-refractivity contribution in [1.82, 2.24) is 5.32 Å². The second kappa shape index (κ2) is 7.47. The second-order valence-corrected chi connectivity index (χ2v) is 6.09. The van der Waals surface area contributed by atoms with Crippen molar-refractivity contribution >= 4 is 11.7 Å². The molecule has 4 N–H and O–H groups in total. The van der Waals surface area contributed by atoms with Crippen LogP contribution in [-0.4, -0.2) is 43.3 Å². The first kappa shape index (κ1) is 16.5. The van der Waals surface area contributed by atoms with Gasteiger partial charge in [-0.15, -0.1) is 0 Å². The van der Waals surface area contributed by atoms with E-state index in [0.29, 0.717) is 6.42 Å². The normalized spacial score (nSPS) is 16.0. The minimum atomic E-state index is -0.973. The number of carboxylic acids is 1. The topological polar surface area (TPSA) is 78.6 Å². The molecule has 0 aromatic heterocycles. The van der Waals surface area contributed by atoms with Crippen LogP contribution < -0.4 is 16.0 Å². The minimum Gasteiger partial charge on any atom is -0.480 e. The van der Waals surface area contributed by atoms with Gasteiger partial charge in [0.05, 0.1) is 0 Å². The molecule has 1 atom stereocenters. The summed E-state index contributed by atoms with van der Waals surface area (Å²) in [7, 11) is 0. The lowest BCUT2D eigenvalue weighted by Gasteiger charge is -2.29. The van der Waals surface area contributed by atoms with Crippen molar-refractivity contribution in [2.75, 3.05) is 31.1 Å². The number of hydrogen-bond donors (Lipinski definition) is 3. The molecule has 0 saturated carbocycles. The molecule has 2 aromatic rings. The maximum absolute atomic E-state index is 11.0. The third-order valence-electron chi connectivity index (χ3n) is 4.43. The standard InChI is InChI=1S/C19H23N3O2/c20-18(19(23)24)13-15-3-1-2-4-17(15)14-5-7-16(8-6-14)22-11-9-21-10-12-22/h1-8,18,21H,9-13,20H2,(H,23,24). The van der Waals surface area contributed by atoms with Crippen molar-refractivity contribution in [3.8, 4) is 11.1 Å². The highest BCUT2D eigenvalue weighted by molar-refractivity contribution is 5.75. The minimum absolute atomic E-state index is 0.324. The van der Waals surface area contributed by atoms with Crippen LogP contribution in [0.3, 0.4) is 0 Å². The van der Waals surface area contributed by atoms with Crippen LogP contribution in [0.5, 0.6) is 0 Å². The van der Waals surface area contributed by atoms with Crippen LogP contribution in [0, 0.1) is 0 Å². The summed E-state index contributed by atoms with van der Waals surface area (Å²) >= 11 is 0. The average Bonchev–Trinajstić information content (AvgIpc) is 2.63. The van der Waals surface area contributed by atoms with Gasteiger partial charge in [0, 0.05) is 31.9 Å². The van der Waals surface area contributed by atoms with Gasteiger partial charge >= 0.3 is 5.97 Å². The summed E-state index contributed by atoms with van der Waals surface area (Å²) in [5, 5.41) is 12.4. The van der Waals surface area contributed by atoms with Crippen molar-refractivity contribution < 1.29 is 9.90 Å². The van der Waals surface area contributed by atoms with Crippen molar-refractivity contribution in [2.45, 2.75) is 12.5 Å². The first-order valence-electron chi connectivity index (χ1n) is 8.27. The molecular formula is C19H23N3O2. The number of nitrogens with two attached hydrogens (primary N) is 1. The largest absolute Gasteiger partial charge is 0.480 e. The molecule has 24 heavy (non-hydrogen) atoms. The highest BCUT2D eigenvalue weighted by atomic mass is 16.4. The smallest absolute Gasteiger partial charge is 0.320 e. The van der Waals surface area contributed by atoms with Gasteiger partial charge in [-0.1, -0.05) is 36.4 Å². The van der Waals surface area contributed by atoms with Gasteiger partial charge in [0.15, 0.2) is 0 Å². The van der Waals surface area contributed by atoms with Gasteiger partial charge in [0.2, 0.25) is 0 Å². The lowest BCUT2D eigenvalue weighted by Crippen LogP contribution is -2.43. The van der Waals surface area contributed by atoms with Crippen LogP contribution >= 0.6 is 0 Å². The highest BCUT2D eigenvalue weighted by Crippen LogP contribution is 2.27. The molecule has 3 rings (SSSR count). The molecule has 1 unspecified atom stereocenters. The molecule has 0 bridgehead atoms. The summed E-state index contributed by atoms with van der Waals surface area (Å²) in [5.41, 5.74) is 10.0. The van der Waals surface area contributed by atoms with E-state index in [1.54, 1.807) is 0 Å². The maximum Gasteiger partial charge on any atom is 0.320 e. The maximum atomic E-state index is 11.0. The fourth-order valence-electron chi connectivity index (χ4n) is 3.08. The Bertz CT molecular complexity index is 694. The summed E-state index contributed by atoms with van der Waals surface area (Å²) in [6, 6.07) is 15.4. The van der Waals surface area contributed by atoms with Crippen LogP contribution in [0.1, 0.15) is 5.56 Å². The molecule has 0 amide bonds. The molecule has 5 nitrogen and oxygen atoms in total. The van der Waals surface area contributed by atoms with Crippen LogP contribution in [-0.2, 0) is 11.2 Å². The number of carboxylic acid groups (broad SMARTS) is 1. The second-order valence-electron chi connectivity index (χ2n) is 6.09. The molecule has 1 heterocycles. The van der Waals surface area contributed by atoms with Crippen LogP contribution in [0.4, 0.5) is 5.69 Å². The third-order valence-corrected chi connectivity index (χ3v) is 4.43. The van der Waals surface area contributed by atoms with E-state index >= 15 is 0 Å². The van der Waals surface area contributed by atoms with E-state index < -0.39 is 12.0 Å². The van der Waals surface area contributed by atoms with Gasteiger partial charge in [0.1, 0.15) is 6.04 Å². The average molecular weight is 325 g/mol. The predicted molar refractivity (Wildman–Crippen MR) is 96.3 cm³/mol. The number of piperazine rings is 1. The zero-order valence-corrected chi connectivity index (χ0v) is 13.6. The highest BCUT2D eigenvalue weighted by Gasteiger charge is 2.15. The molecule has 1 aliphatic heterocycles. The molecule has 1 fully saturated rings. The Labute approximate surface area is 142 Å². The van der Waals surface area contributed by atoms with Crippen molar-refractivity contribution in [3.63, 3.8) is 0 Å². The number of benzene rings is 2. The van der Waals surface area contributed by atoms with Gasteiger partial charge in [0.25, 0.3) is 0 Å². The van der Waals surface area contributed by atoms with E-state index in [9.17, 15) is 4.79 Å². The Hall–Kier alpha value is -2.37. The zero-order chi connectivity index (χ0) is 16.9. The Morgan fingerprint density at radius 2 is 1.79 bits per heavy atom. The Balaban J connectivity index is 1.82. The van der Waals surface area contributed by atoms with E-state index in [4.69, 9.17) is 10.8 Å². The summed E-state index contributed by atoms with van der Waals surface area (Å²) in [6.45, 7) is 4.06. The molecule has 0 aliphatic carbocycles. The zero-order valence-electron chi connectivity index (χ0n) is 13.6. The molecule has 1 aliphatic rings. The van der Waals surface area contributed by atoms with Gasteiger partial charge < -0.3 is 21.1 Å². The number of carbonyl (C=O) groups is 1. The van der Waals surface area contributed by atoms with Gasteiger partial charge in [-0.3, -0.25) is 4.79 Å². The lowest BCUT2D eigenvalue weighted by molar-refractivity contribution is -0.138. The van der Waals surface area contributed by atoms with E-state index in [-0.39, 0.29) is 0 Å².